The second-order valence-electron chi connectivity index (χ2n) is 26.6. The standard InChI is InChI=1S/C85H144O17P2/c1-5-9-13-17-21-25-29-33-36-38-39-41-44-47-50-54-58-62-66-70-83(88)95-75-80(101-84(89)71-67-63-59-55-51-45-32-28-24-20-16-12-8-4)77-99-103(91,92)97-73-79(86)74-98-104(93,94)100-78-81(102-85(90)72-68-64-60-56-52-48-42-35-31-27-23-19-15-11-7-3)76-96-82(87)69-65-61-57-53-49-46-43-40-37-34-30-26-22-18-14-10-6-2/h9-10,13-14,21-22,25-26,33-34,36-37,39,41,43,46-47,50,53,57-58,62,79-81,86H,5-8,11-12,15-20,23-24,27-32,35,38,40,42,44-45,48-49,51-52,54-56,59-61,63-78H2,1-4H3,(H,91,92)(H,93,94)/b13-9-,14-10-,25-21-,26-22-,36-33-,37-34-,41-39-,46-43-,50-47-,57-53-,62-58-. The van der Waals surface area contributed by atoms with E-state index in [1.807, 2.05) is 30.4 Å². The molecular formula is C85H144O17P2. The lowest BCUT2D eigenvalue weighted by Crippen LogP contribution is -2.30. The van der Waals surface area contributed by atoms with Gasteiger partial charge in [0, 0.05) is 25.7 Å². The van der Waals surface area contributed by atoms with Crippen molar-refractivity contribution in [3.05, 3.63) is 134 Å². The number of hydrogen-bond donors (Lipinski definition) is 3. The van der Waals surface area contributed by atoms with E-state index in [-0.39, 0.29) is 25.7 Å². The van der Waals surface area contributed by atoms with Crippen LogP contribution in [0.5, 0.6) is 0 Å². The smallest absolute Gasteiger partial charge is 0.462 e. The summed E-state index contributed by atoms with van der Waals surface area (Å²) in [4.78, 5) is 73.0. The van der Waals surface area contributed by atoms with Crippen molar-refractivity contribution in [1.29, 1.82) is 0 Å². The summed E-state index contributed by atoms with van der Waals surface area (Å²) in [5, 5.41) is 10.6. The SMILES string of the molecule is CC/C=C\C/C=C\C/C=C\C/C=C\C/C=C\C/C=C\CCC(=O)OCC(COP(=O)(O)OCC(O)COP(=O)(O)OCC(COC(=O)CCC/C=C\C/C=C\C/C=C\C/C=C\C/C=C\CC)OC(=O)CCCCCCCCCCCCCCCCC)OC(=O)CCCCCCCCCCCCCCC. The summed E-state index contributed by atoms with van der Waals surface area (Å²) in [5.74, 6) is -2.33. The first-order chi connectivity index (χ1) is 50.7. The second kappa shape index (κ2) is 76.4. The van der Waals surface area contributed by atoms with Crippen LogP contribution in [0.25, 0.3) is 0 Å². The maximum atomic E-state index is 13.1. The van der Waals surface area contributed by atoms with Crippen LogP contribution in [0, 0.1) is 0 Å². The Morgan fingerprint density at radius 2 is 0.519 bits per heavy atom. The van der Waals surface area contributed by atoms with Crippen LogP contribution in [0.4, 0.5) is 0 Å². The lowest BCUT2D eigenvalue weighted by atomic mass is 10.0. The second-order valence-corrected chi connectivity index (χ2v) is 29.5. The zero-order chi connectivity index (χ0) is 76.0. The Morgan fingerprint density at radius 3 is 0.817 bits per heavy atom. The molecular weight excluding hydrogens is 1350 g/mol. The van der Waals surface area contributed by atoms with Gasteiger partial charge in [-0.2, -0.15) is 0 Å². The van der Waals surface area contributed by atoms with Crippen LogP contribution < -0.4 is 0 Å². The van der Waals surface area contributed by atoms with E-state index < -0.39 is 97.5 Å². The summed E-state index contributed by atoms with van der Waals surface area (Å²) in [5.41, 5.74) is 0. The van der Waals surface area contributed by atoms with E-state index in [4.69, 9.17) is 37.0 Å². The molecule has 0 aromatic heterocycles. The van der Waals surface area contributed by atoms with Crippen molar-refractivity contribution in [3.63, 3.8) is 0 Å². The summed E-state index contributed by atoms with van der Waals surface area (Å²) in [7, 11) is -9.99. The minimum absolute atomic E-state index is 0.0347. The number of aliphatic hydroxyl groups is 1. The first-order valence-corrected chi connectivity index (χ1v) is 43.4. The van der Waals surface area contributed by atoms with E-state index in [2.05, 4.69) is 131 Å². The monoisotopic (exact) mass is 1500 g/mol. The summed E-state index contributed by atoms with van der Waals surface area (Å²) in [6, 6.07) is 0. The van der Waals surface area contributed by atoms with E-state index in [9.17, 15) is 43.2 Å². The Labute approximate surface area is 631 Å². The zero-order valence-electron chi connectivity index (χ0n) is 65.2. The van der Waals surface area contributed by atoms with Crippen LogP contribution in [0.1, 0.15) is 323 Å². The lowest BCUT2D eigenvalue weighted by Gasteiger charge is -2.21. The molecule has 0 spiro atoms. The molecule has 0 aliphatic rings. The Kier molecular flexibility index (Phi) is 72.9. The first-order valence-electron chi connectivity index (χ1n) is 40.4. The van der Waals surface area contributed by atoms with Crippen LogP contribution in [0.15, 0.2) is 134 Å². The number of allylic oxidation sites excluding steroid dienone is 22. The number of unbranched alkanes of at least 4 members (excludes halogenated alkanes) is 27. The molecule has 0 saturated carbocycles. The van der Waals surface area contributed by atoms with Gasteiger partial charge in [0.2, 0.25) is 0 Å². The van der Waals surface area contributed by atoms with Gasteiger partial charge < -0.3 is 33.8 Å². The highest BCUT2D eigenvalue weighted by Crippen LogP contribution is 2.45. The zero-order valence-corrected chi connectivity index (χ0v) is 66.9. The summed E-state index contributed by atoms with van der Waals surface area (Å²) in [6.45, 7) is 4.53. The molecule has 596 valence electrons. The third-order valence-corrected chi connectivity index (χ3v) is 18.6. The molecule has 0 aromatic rings. The molecule has 17 nitrogen and oxygen atoms in total. The largest absolute Gasteiger partial charge is 0.472 e. The van der Waals surface area contributed by atoms with Crippen molar-refractivity contribution in [2.45, 2.75) is 341 Å². The molecule has 0 aromatic carbocycles. The predicted molar refractivity (Wildman–Crippen MR) is 427 cm³/mol. The average molecular weight is 1500 g/mol. The number of esters is 4. The molecule has 104 heavy (non-hydrogen) atoms. The Balaban J connectivity index is 5.44. The highest BCUT2D eigenvalue weighted by Gasteiger charge is 2.30. The molecule has 0 radical (unpaired) electrons. The molecule has 0 amide bonds. The molecule has 0 aliphatic heterocycles. The normalized spacial score (nSPS) is 14.6. The summed E-state index contributed by atoms with van der Waals surface area (Å²) in [6.07, 6.45) is 85.9. The summed E-state index contributed by atoms with van der Waals surface area (Å²) >= 11 is 0. The van der Waals surface area contributed by atoms with Gasteiger partial charge in [-0.05, 0) is 103 Å². The molecule has 5 unspecified atom stereocenters. The number of rotatable bonds is 75. The topological polar surface area (TPSA) is 237 Å². The van der Waals surface area contributed by atoms with Crippen molar-refractivity contribution in [1.82, 2.24) is 0 Å². The van der Waals surface area contributed by atoms with Gasteiger partial charge in [0.25, 0.3) is 0 Å². The highest BCUT2D eigenvalue weighted by molar-refractivity contribution is 7.47. The molecule has 0 bridgehead atoms. The van der Waals surface area contributed by atoms with E-state index in [1.165, 1.54) is 116 Å². The number of carbonyl (C=O) groups is 4. The molecule has 0 rings (SSSR count). The van der Waals surface area contributed by atoms with Gasteiger partial charge in [0.05, 0.1) is 26.4 Å². The molecule has 0 heterocycles. The van der Waals surface area contributed by atoms with Crippen molar-refractivity contribution in [2.24, 2.45) is 0 Å². The molecule has 0 aliphatic carbocycles. The van der Waals surface area contributed by atoms with Gasteiger partial charge in [0.15, 0.2) is 12.2 Å². The minimum atomic E-state index is -5.00. The van der Waals surface area contributed by atoms with Gasteiger partial charge in [-0.25, -0.2) is 9.13 Å². The predicted octanol–water partition coefficient (Wildman–Crippen LogP) is 23.7. The van der Waals surface area contributed by atoms with Crippen LogP contribution in [-0.4, -0.2) is 96.7 Å². The van der Waals surface area contributed by atoms with E-state index in [0.29, 0.717) is 38.5 Å². The fraction of sp³-hybridized carbons (Fsp3) is 0.694. The van der Waals surface area contributed by atoms with Crippen molar-refractivity contribution >= 4 is 39.5 Å². The van der Waals surface area contributed by atoms with Crippen molar-refractivity contribution in [3.8, 4) is 0 Å². The maximum absolute atomic E-state index is 13.1. The van der Waals surface area contributed by atoms with E-state index in [0.717, 1.165) is 116 Å². The average Bonchev–Trinajstić information content (AvgIpc) is 0.939. The molecule has 0 fully saturated rings. The fourth-order valence-corrected chi connectivity index (χ4v) is 12.2. The van der Waals surface area contributed by atoms with E-state index >= 15 is 0 Å². The third-order valence-electron chi connectivity index (χ3n) is 16.7. The summed E-state index contributed by atoms with van der Waals surface area (Å²) < 4.78 is 68.5. The third kappa shape index (κ3) is 75.4. The van der Waals surface area contributed by atoms with Crippen LogP contribution in [-0.2, 0) is 65.4 Å². The first kappa shape index (κ1) is 99.2. The lowest BCUT2D eigenvalue weighted by molar-refractivity contribution is -0.161. The highest BCUT2D eigenvalue weighted by atomic mass is 31.2. The maximum Gasteiger partial charge on any atom is 0.472 e. The Hall–Kier alpha value is -4.80. The van der Waals surface area contributed by atoms with Crippen LogP contribution in [0.3, 0.4) is 0 Å². The molecule has 3 N–H and O–H groups in total. The molecule has 5 atom stereocenters. The Bertz CT molecular complexity index is 2490. The molecule has 19 heteroatoms. The van der Waals surface area contributed by atoms with Gasteiger partial charge >= 0.3 is 39.5 Å². The minimum Gasteiger partial charge on any atom is -0.462 e. The van der Waals surface area contributed by atoms with Gasteiger partial charge in [-0.15, -0.1) is 0 Å². The van der Waals surface area contributed by atoms with Gasteiger partial charge in [-0.1, -0.05) is 328 Å². The van der Waals surface area contributed by atoms with E-state index in [1.54, 1.807) is 0 Å². The number of hydrogen-bond acceptors (Lipinski definition) is 15. The Morgan fingerprint density at radius 1 is 0.279 bits per heavy atom. The number of phosphoric ester groups is 2. The number of phosphoric acid groups is 2. The van der Waals surface area contributed by atoms with Gasteiger partial charge in [0.1, 0.15) is 19.3 Å². The fourth-order valence-electron chi connectivity index (χ4n) is 10.6. The number of aliphatic hydroxyl groups excluding tert-OH is 1. The quantitative estimate of drug-likeness (QED) is 0.0169. The number of carbonyl (C=O) groups excluding carboxylic acids is 4. The van der Waals surface area contributed by atoms with Crippen LogP contribution >= 0.6 is 15.6 Å². The van der Waals surface area contributed by atoms with Crippen LogP contribution in [0.2, 0.25) is 0 Å². The van der Waals surface area contributed by atoms with Crippen molar-refractivity contribution < 1.29 is 80.2 Å². The molecule has 0 saturated heterocycles. The van der Waals surface area contributed by atoms with Gasteiger partial charge in [-0.3, -0.25) is 37.3 Å². The number of ether oxygens (including phenoxy) is 4. The van der Waals surface area contributed by atoms with Crippen molar-refractivity contribution in [2.75, 3.05) is 39.6 Å².